The van der Waals surface area contributed by atoms with Crippen LogP contribution < -0.4 is 0 Å². The first kappa shape index (κ1) is 10.2. The van der Waals surface area contributed by atoms with Gasteiger partial charge in [-0.2, -0.15) is 0 Å². The van der Waals surface area contributed by atoms with Gasteiger partial charge in [-0.1, -0.05) is 55.5 Å². The Morgan fingerprint density at radius 3 is 2.53 bits per heavy atom. The van der Waals surface area contributed by atoms with Gasteiger partial charge in [0.15, 0.2) is 0 Å². The molecule has 1 nitrogen and oxygen atoms in total. The lowest BCUT2D eigenvalue weighted by atomic mass is 9.92. The highest BCUT2D eigenvalue weighted by atomic mass is 14.7. The van der Waals surface area contributed by atoms with E-state index in [9.17, 15) is 0 Å². The highest BCUT2D eigenvalue weighted by molar-refractivity contribution is 5.83. The lowest BCUT2D eigenvalue weighted by Gasteiger charge is -2.13. The summed E-state index contributed by atoms with van der Waals surface area (Å²) in [5, 5.41) is 1.28. The topological polar surface area (TPSA) is 15.8 Å². The van der Waals surface area contributed by atoms with Crippen molar-refractivity contribution in [3.8, 4) is 0 Å². The number of hydrogen-bond acceptors (Lipinski definition) is 0. The monoisotopic (exact) mass is 221 g/mol. The first-order valence-electron chi connectivity index (χ1n) is 5.97. The minimum absolute atomic E-state index is 0.415. The molecule has 1 aromatic heterocycles. The third kappa shape index (κ3) is 1.74. The van der Waals surface area contributed by atoms with E-state index >= 15 is 0 Å². The molecule has 0 amide bonds. The second-order valence-electron chi connectivity index (χ2n) is 4.42. The molecular formula is C16H15N. The van der Waals surface area contributed by atoms with Crippen LogP contribution in [0.15, 0.2) is 60.8 Å². The van der Waals surface area contributed by atoms with E-state index in [0.717, 1.165) is 0 Å². The molecule has 0 aliphatic rings. The van der Waals surface area contributed by atoms with Crippen molar-refractivity contribution in [2.75, 3.05) is 0 Å². The van der Waals surface area contributed by atoms with E-state index in [1.807, 2.05) is 6.20 Å². The van der Waals surface area contributed by atoms with Gasteiger partial charge in [0.1, 0.15) is 0 Å². The summed E-state index contributed by atoms with van der Waals surface area (Å²) in [5.74, 6) is 0.415. The van der Waals surface area contributed by atoms with Gasteiger partial charge in [0, 0.05) is 17.6 Å². The van der Waals surface area contributed by atoms with Crippen molar-refractivity contribution in [3.05, 3.63) is 71.9 Å². The molecule has 1 unspecified atom stereocenters. The average molecular weight is 221 g/mol. The van der Waals surface area contributed by atoms with Crippen LogP contribution in [0.1, 0.15) is 24.0 Å². The predicted molar refractivity (Wildman–Crippen MR) is 72.3 cm³/mol. The summed E-state index contributed by atoms with van der Waals surface area (Å²) >= 11 is 0. The van der Waals surface area contributed by atoms with Gasteiger partial charge in [-0.05, 0) is 22.6 Å². The smallest absolute Gasteiger partial charge is 0.0492 e. The van der Waals surface area contributed by atoms with E-state index in [4.69, 9.17) is 0 Å². The van der Waals surface area contributed by atoms with Gasteiger partial charge in [-0.25, -0.2) is 0 Å². The fourth-order valence-electron chi connectivity index (χ4n) is 2.39. The van der Waals surface area contributed by atoms with Gasteiger partial charge >= 0.3 is 0 Å². The molecule has 2 aromatic carbocycles. The van der Waals surface area contributed by atoms with Crippen molar-refractivity contribution in [2.45, 2.75) is 12.8 Å². The molecule has 1 heterocycles. The van der Waals surface area contributed by atoms with E-state index in [0.29, 0.717) is 5.92 Å². The van der Waals surface area contributed by atoms with Gasteiger partial charge in [-0.15, -0.1) is 0 Å². The Morgan fingerprint density at radius 1 is 0.882 bits per heavy atom. The molecule has 0 spiro atoms. The Morgan fingerprint density at radius 2 is 1.71 bits per heavy atom. The first-order chi connectivity index (χ1) is 8.36. The molecular weight excluding hydrogens is 206 g/mol. The largest absolute Gasteiger partial charge is 0.361 e. The Hall–Kier alpha value is -2.02. The van der Waals surface area contributed by atoms with Crippen molar-refractivity contribution in [3.63, 3.8) is 0 Å². The molecule has 0 saturated carbocycles. The molecule has 1 atom stereocenters. The number of benzene rings is 2. The molecule has 0 aliphatic heterocycles. The third-order valence-corrected chi connectivity index (χ3v) is 3.39. The Balaban J connectivity index is 2.13. The van der Waals surface area contributed by atoms with Crippen molar-refractivity contribution >= 4 is 10.9 Å². The van der Waals surface area contributed by atoms with Crippen LogP contribution in [0.25, 0.3) is 10.9 Å². The highest BCUT2D eigenvalue weighted by Gasteiger charge is 2.11. The van der Waals surface area contributed by atoms with Crippen LogP contribution in [-0.2, 0) is 0 Å². The summed E-state index contributed by atoms with van der Waals surface area (Å²) < 4.78 is 0. The van der Waals surface area contributed by atoms with E-state index in [2.05, 4.69) is 66.5 Å². The third-order valence-electron chi connectivity index (χ3n) is 3.39. The van der Waals surface area contributed by atoms with Crippen LogP contribution in [0, 0.1) is 0 Å². The quantitative estimate of drug-likeness (QED) is 0.663. The maximum atomic E-state index is 3.34. The Kier molecular flexibility index (Phi) is 2.45. The molecule has 17 heavy (non-hydrogen) atoms. The van der Waals surface area contributed by atoms with Crippen molar-refractivity contribution in [2.24, 2.45) is 0 Å². The number of H-pyrrole nitrogens is 1. The summed E-state index contributed by atoms with van der Waals surface area (Å²) in [6, 6.07) is 19.2. The van der Waals surface area contributed by atoms with Gasteiger partial charge in [0.25, 0.3) is 0 Å². The molecule has 0 aliphatic carbocycles. The predicted octanol–water partition coefficient (Wildman–Crippen LogP) is 4.32. The molecule has 0 radical (unpaired) electrons. The number of rotatable bonds is 2. The SMILES string of the molecule is CC(c1ccccc1)c1cccc2cc[nH]c12. The van der Waals surface area contributed by atoms with Crippen LogP contribution in [0.2, 0.25) is 0 Å². The fourth-order valence-corrected chi connectivity index (χ4v) is 2.39. The van der Waals surface area contributed by atoms with E-state index in [1.54, 1.807) is 0 Å². The van der Waals surface area contributed by atoms with Crippen molar-refractivity contribution < 1.29 is 0 Å². The molecule has 3 rings (SSSR count). The van der Waals surface area contributed by atoms with E-state index in [-0.39, 0.29) is 0 Å². The van der Waals surface area contributed by atoms with Crippen molar-refractivity contribution in [1.82, 2.24) is 4.98 Å². The summed E-state index contributed by atoms with van der Waals surface area (Å²) in [6.07, 6.45) is 2.01. The highest BCUT2D eigenvalue weighted by Crippen LogP contribution is 2.29. The van der Waals surface area contributed by atoms with Crippen molar-refractivity contribution in [1.29, 1.82) is 0 Å². The molecule has 0 saturated heterocycles. The zero-order chi connectivity index (χ0) is 11.7. The zero-order valence-electron chi connectivity index (χ0n) is 9.85. The number of hydrogen-bond donors (Lipinski definition) is 1. The number of aromatic amines is 1. The van der Waals surface area contributed by atoms with Crippen LogP contribution in [0.4, 0.5) is 0 Å². The molecule has 0 fully saturated rings. The standard InChI is InChI=1S/C16H15N/c1-12(13-6-3-2-4-7-13)15-9-5-8-14-10-11-17-16(14)15/h2-12,17H,1H3. The lowest BCUT2D eigenvalue weighted by Crippen LogP contribution is -1.96. The second-order valence-corrected chi connectivity index (χ2v) is 4.42. The van der Waals surface area contributed by atoms with Crippen LogP contribution in [0.5, 0.6) is 0 Å². The molecule has 3 aromatic rings. The van der Waals surface area contributed by atoms with Crippen LogP contribution in [0.3, 0.4) is 0 Å². The normalized spacial score (nSPS) is 12.8. The summed E-state index contributed by atoms with van der Waals surface area (Å²) in [4.78, 5) is 3.34. The number of aromatic nitrogens is 1. The minimum atomic E-state index is 0.415. The second kappa shape index (κ2) is 4.10. The zero-order valence-corrected chi connectivity index (χ0v) is 9.85. The van der Waals surface area contributed by atoms with Crippen LogP contribution in [-0.4, -0.2) is 4.98 Å². The van der Waals surface area contributed by atoms with Crippen LogP contribution >= 0.6 is 0 Å². The maximum Gasteiger partial charge on any atom is 0.0492 e. The summed E-state index contributed by atoms with van der Waals surface area (Å²) in [5.41, 5.74) is 3.97. The molecule has 1 heteroatoms. The summed E-state index contributed by atoms with van der Waals surface area (Å²) in [6.45, 7) is 2.25. The van der Waals surface area contributed by atoms with Gasteiger partial charge in [0.05, 0.1) is 0 Å². The number of fused-ring (bicyclic) bond motifs is 1. The Labute approximate surface area is 101 Å². The minimum Gasteiger partial charge on any atom is -0.361 e. The average Bonchev–Trinajstić information content (AvgIpc) is 2.87. The summed E-state index contributed by atoms with van der Waals surface area (Å²) in [7, 11) is 0. The molecule has 0 bridgehead atoms. The van der Waals surface area contributed by atoms with E-state index in [1.165, 1.54) is 22.0 Å². The Bertz CT molecular complexity index is 622. The fraction of sp³-hybridized carbons (Fsp3) is 0.125. The lowest BCUT2D eigenvalue weighted by molar-refractivity contribution is 0.930. The maximum absolute atomic E-state index is 3.34. The van der Waals surface area contributed by atoms with Gasteiger partial charge in [-0.3, -0.25) is 0 Å². The van der Waals surface area contributed by atoms with Gasteiger partial charge < -0.3 is 4.98 Å². The number of nitrogens with one attached hydrogen (secondary N) is 1. The first-order valence-corrected chi connectivity index (χ1v) is 5.97. The number of para-hydroxylation sites is 1. The van der Waals surface area contributed by atoms with Gasteiger partial charge in [0.2, 0.25) is 0 Å². The molecule has 84 valence electrons. The molecule has 1 N–H and O–H groups in total. The van der Waals surface area contributed by atoms with E-state index < -0.39 is 0 Å².